The van der Waals surface area contributed by atoms with Crippen molar-refractivity contribution in [3.63, 3.8) is 0 Å². The quantitative estimate of drug-likeness (QED) is 0.826. The minimum Gasteiger partial charge on any atom is -0.493 e. The van der Waals surface area contributed by atoms with E-state index in [0.717, 1.165) is 0 Å². The van der Waals surface area contributed by atoms with E-state index in [4.69, 9.17) is 14.0 Å². The average Bonchev–Trinajstić information content (AvgIpc) is 3.20. The van der Waals surface area contributed by atoms with Crippen LogP contribution in [0.15, 0.2) is 27.6 Å². The van der Waals surface area contributed by atoms with Crippen LogP contribution in [0.25, 0.3) is 0 Å². The highest BCUT2D eigenvalue weighted by molar-refractivity contribution is 7.89. The molecule has 0 aliphatic carbocycles. The molecular formula is C15H19N3O6S. The second-order valence-electron chi connectivity index (χ2n) is 5.68. The number of aliphatic hydroxyl groups is 1. The highest BCUT2D eigenvalue weighted by Crippen LogP contribution is 2.38. The lowest BCUT2D eigenvalue weighted by molar-refractivity contribution is 0.188. The predicted molar refractivity (Wildman–Crippen MR) is 85.8 cm³/mol. The Morgan fingerprint density at radius 1 is 1.28 bits per heavy atom. The molecule has 1 aliphatic heterocycles. The molecule has 1 aromatic heterocycles. The lowest BCUT2D eigenvalue weighted by atomic mass is 10.2. The van der Waals surface area contributed by atoms with Crippen molar-refractivity contribution in [2.24, 2.45) is 0 Å². The zero-order chi connectivity index (χ0) is 18.2. The highest BCUT2D eigenvalue weighted by Gasteiger charge is 2.43. The Balaban J connectivity index is 2.00. The molecule has 9 nitrogen and oxygen atoms in total. The van der Waals surface area contributed by atoms with E-state index in [1.54, 1.807) is 6.92 Å². The van der Waals surface area contributed by atoms with Crippen LogP contribution in [0.4, 0.5) is 0 Å². The Morgan fingerprint density at radius 2 is 2.00 bits per heavy atom. The van der Waals surface area contributed by atoms with Gasteiger partial charge in [-0.2, -0.15) is 9.29 Å². The van der Waals surface area contributed by atoms with Crippen molar-refractivity contribution >= 4 is 10.0 Å². The van der Waals surface area contributed by atoms with Gasteiger partial charge < -0.3 is 19.1 Å². The van der Waals surface area contributed by atoms with Crippen LogP contribution in [-0.2, 0) is 10.0 Å². The normalized spacial score (nSPS) is 21.4. The van der Waals surface area contributed by atoms with Gasteiger partial charge in [-0.25, -0.2) is 8.42 Å². The first-order valence-corrected chi connectivity index (χ1v) is 9.03. The zero-order valence-corrected chi connectivity index (χ0v) is 14.9. The number of aryl methyl sites for hydroxylation is 1. The number of rotatable bonds is 5. The molecule has 0 bridgehead atoms. The summed E-state index contributed by atoms with van der Waals surface area (Å²) in [5.41, 5.74) is 0. The first-order chi connectivity index (χ1) is 11.9. The molecule has 2 atom stereocenters. The van der Waals surface area contributed by atoms with Gasteiger partial charge in [0.05, 0.1) is 25.2 Å². The van der Waals surface area contributed by atoms with Crippen molar-refractivity contribution in [3.05, 3.63) is 29.9 Å². The summed E-state index contributed by atoms with van der Waals surface area (Å²) in [6.07, 6.45) is -0.624. The summed E-state index contributed by atoms with van der Waals surface area (Å²) >= 11 is 0. The van der Waals surface area contributed by atoms with Crippen LogP contribution in [0.5, 0.6) is 11.5 Å². The number of hydrogen-bond acceptors (Lipinski definition) is 8. The van der Waals surface area contributed by atoms with E-state index in [-0.39, 0.29) is 23.8 Å². The van der Waals surface area contributed by atoms with Crippen LogP contribution in [0.2, 0.25) is 0 Å². The summed E-state index contributed by atoms with van der Waals surface area (Å²) in [5.74, 6) is 1.29. The topological polar surface area (TPSA) is 115 Å². The van der Waals surface area contributed by atoms with Crippen molar-refractivity contribution in [3.8, 4) is 11.5 Å². The Morgan fingerprint density at radius 3 is 2.60 bits per heavy atom. The number of sulfonamides is 1. The van der Waals surface area contributed by atoms with Gasteiger partial charge in [0.15, 0.2) is 17.3 Å². The van der Waals surface area contributed by atoms with Crippen LogP contribution < -0.4 is 9.47 Å². The molecular weight excluding hydrogens is 350 g/mol. The molecule has 2 aromatic rings. The first-order valence-electron chi connectivity index (χ1n) is 7.59. The fourth-order valence-corrected chi connectivity index (χ4v) is 4.48. The van der Waals surface area contributed by atoms with Crippen molar-refractivity contribution in [2.75, 3.05) is 20.8 Å². The molecule has 0 spiro atoms. The predicted octanol–water partition coefficient (Wildman–Crippen LogP) is 0.892. The zero-order valence-electron chi connectivity index (χ0n) is 14.0. The largest absolute Gasteiger partial charge is 0.493 e. The number of aromatic nitrogens is 2. The average molecular weight is 369 g/mol. The van der Waals surface area contributed by atoms with E-state index in [2.05, 4.69) is 10.1 Å². The Bertz CT molecular complexity index is 866. The molecule has 3 rings (SSSR count). The van der Waals surface area contributed by atoms with Crippen molar-refractivity contribution in [1.82, 2.24) is 14.4 Å². The summed E-state index contributed by atoms with van der Waals surface area (Å²) in [7, 11) is -1.01. The Labute approximate surface area is 145 Å². The number of methoxy groups -OCH3 is 2. The SMILES string of the molecule is COc1ccc(S(=O)(=O)N2C[C@@H](O)C[C@@H]2c2nc(C)no2)cc1OC. The molecule has 2 heterocycles. The lowest BCUT2D eigenvalue weighted by Crippen LogP contribution is -2.32. The van der Waals surface area contributed by atoms with Crippen molar-refractivity contribution < 1.29 is 27.5 Å². The van der Waals surface area contributed by atoms with Crippen LogP contribution in [0.1, 0.15) is 24.2 Å². The van der Waals surface area contributed by atoms with E-state index < -0.39 is 22.2 Å². The van der Waals surface area contributed by atoms with E-state index in [1.807, 2.05) is 0 Å². The minimum atomic E-state index is -3.91. The first kappa shape index (κ1) is 17.6. The summed E-state index contributed by atoms with van der Waals surface area (Å²) in [4.78, 5) is 4.13. The van der Waals surface area contributed by atoms with Gasteiger partial charge in [-0.3, -0.25) is 0 Å². The molecule has 10 heteroatoms. The van der Waals surface area contributed by atoms with Gasteiger partial charge in [0.25, 0.3) is 0 Å². The van der Waals surface area contributed by atoms with Crippen LogP contribution in [-0.4, -0.2) is 54.8 Å². The van der Waals surface area contributed by atoms with Gasteiger partial charge in [-0.15, -0.1) is 0 Å². The fraction of sp³-hybridized carbons (Fsp3) is 0.467. The highest BCUT2D eigenvalue weighted by atomic mass is 32.2. The summed E-state index contributed by atoms with van der Waals surface area (Å²) in [6.45, 7) is 1.59. The second kappa shape index (κ2) is 6.62. The maximum atomic E-state index is 13.1. The standard InChI is InChI=1S/C15H19N3O6S/c1-9-16-15(24-17-9)12-6-10(19)8-18(12)25(20,21)11-4-5-13(22-2)14(7-11)23-3/h4-5,7,10,12,19H,6,8H2,1-3H3/t10-,12+/m0/s1. The minimum absolute atomic E-state index is 0.0282. The molecule has 25 heavy (non-hydrogen) atoms. The van der Waals surface area contributed by atoms with Crippen LogP contribution >= 0.6 is 0 Å². The number of ether oxygens (including phenoxy) is 2. The smallest absolute Gasteiger partial charge is 0.245 e. The van der Waals surface area contributed by atoms with E-state index >= 15 is 0 Å². The van der Waals surface area contributed by atoms with E-state index in [0.29, 0.717) is 17.3 Å². The van der Waals surface area contributed by atoms with Gasteiger partial charge in [0.1, 0.15) is 6.04 Å². The van der Waals surface area contributed by atoms with Crippen molar-refractivity contribution in [1.29, 1.82) is 0 Å². The lowest BCUT2D eigenvalue weighted by Gasteiger charge is -2.21. The van der Waals surface area contributed by atoms with Gasteiger partial charge in [0.2, 0.25) is 15.9 Å². The summed E-state index contributed by atoms with van der Waals surface area (Å²) < 4.78 is 42.7. The Hall–Kier alpha value is -2.17. The second-order valence-corrected chi connectivity index (χ2v) is 7.57. The number of aliphatic hydroxyl groups excluding tert-OH is 1. The molecule has 0 amide bonds. The number of β-amino-alcohol motifs (C(OH)–C–C–N with tert-alkyl or cyclic N) is 1. The molecule has 0 unspecified atom stereocenters. The van der Waals surface area contributed by atoms with E-state index in [9.17, 15) is 13.5 Å². The number of hydrogen-bond donors (Lipinski definition) is 1. The van der Waals surface area contributed by atoms with Crippen LogP contribution in [0.3, 0.4) is 0 Å². The summed E-state index contributed by atoms with van der Waals surface area (Å²) in [6, 6.07) is 3.62. The molecule has 0 radical (unpaired) electrons. The van der Waals surface area contributed by atoms with Gasteiger partial charge >= 0.3 is 0 Å². The van der Waals surface area contributed by atoms with Gasteiger partial charge in [-0.1, -0.05) is 5.16 Å². The van der Waals surface area contributed by atoms with E-state index in [1.165, 1.54) is 36.7 Å². The molecule has 1 saturated heterocycles. The number of benzene rings is 1. The maximum absolute atomic E-state index is 13.1. The number of nitrogens with zero attached hydrogens (tertiary/aromatic N) is 3. The monoisotopic (exact) mass is 369 g/mol. The summed E-state index contributed by atoms with van der Waals surface area (Å²) in [5, 5.41) is 13.7. The third kappa shape index (κ3) is 3.20. The molecule has 136 valence electrons. The van der Waals surface area contributed by atoms with Gasteiger partial charge in [0, 0.05) is 19.0 Å². The fourth-order valence-electron chi connectivity index (χ4n) is 2.84. The molecule has 1 N–H and O–H groups in total. The molecule has 0 saturated carbocycles. The molecule has 1 aromatic carbocycles. The maximum Gasteiger partial charge on any atom is 0.245 e. The third-order valence-corrected chi connectivity index (χ3v) is 5.89. The Kier molecular flexibility index (Phi) is 4.67. The van der Waals surface area contributed by atoms with Crippen molar-refractivity contribution in [2.45, 2.75) is 30.4 Å². The molecule has 1 aliphatic rings. The molecule has 1 fully saturated rings. The third-order valence-electron chi connectivity index (χ3n) is 4.02. The van der Waals surface area contributed by atoms with Gasteiger partial charge in [-0.05, 0) is 19.1 Å². The van der Waals surface area contributed by atoms with Crippen LogP contribution in [0, 0.1) is 6.92 Å².